The predicted octanol–water partition coefficient (Wildman–Crippen LogP) is 1.40. The maximum atomic E-state index is 11.0. The molecular formula is C13H16O6. The zero-order valence-corrected chi connectivity index (χ0v) is 10.8. The summed E-state index contributed by atoms with van der Waals surface area (Å²) in [5.41, 5.74) is -0.478. The summed E-state index contributed by atoms with van der Waals surface area (Å²) in [6, 6.07) is 3.23. The molecule has 6 nitrogen and oxygen atoms in total. The van der Waals surface area contributed by atoms with Crippen molar-refractivity contribution in [3.8, 4) is 17.2 Å². The molecule has 1 aromatic carbocycles. The Labute approximate surface area is 110 Å². The fourth-order valence-corrected chi connectivity index (χ4v) is 1.54. The van der Waals surface area contributed by atoms with Gasteiger partial charge in [0.1, 0.15) is 12.4 Å². The average molecular weight is 268 g/mol. The largest absolute Gasteiger partial charge is 0.492 e. The van der Waals surface area contributed by atoms with Gasteiger partial charge in [-0.05, 0) is 19.9 Å². The summed E-state index contributed by atoms with van der Waals surface area (Å²) in [4.78, 5) is 11.0. The van der Waals surface area contributed by atoms with Gasteiger partial charge in [0, 0.05) is 11.6 Å². The molecule has 0 saturated heterocycles. The maximum Gasteiger partial charge on any atom is 0.312 e. The van der Waals surface area contributed by atoms with Crippen LogP contribution >= 0.6 is 0 Å². The molecule has 0 saturated carbocycles. The minimum Gasteiger partial charge on any atom is -0.492 e. The summed E-state index contributed by atoms with van der Waals surface area (Å²) >= 11 is 0. The highest BCUT2D eigenvalue weighted by molar-refractivity contribution is 5.73. The summed E-state index contributed by atoms with van der Waals surface area (Å²) in [6.07, 6.45) is 0. The van der Waals surface area contributed by atoms with Crippen LogP contribution in [-0.2, 0) is 11.4 Å². The third-order valence-electron chi connectivity index (χ3n) is 2.89. The first-order valence-electron chi connectivity index (χ1n) is 5.83. The first kappa shape index (κ1) is 13.5. The van der Waals surface area contributed by atoms with E-state index in [9.17, 15) is 9.90 Å². The second kappa shape index (κ2) is 4.97. The van der Waals surface area contributed by atoms with Crippen LogP contribution in [0.1, 0.15) is 19.4 Å². The van der Waals surface area contributed by atoms with Crippen LogP contribution in [-0.4, -0.2) is 29.6 Å². The normalized spacial score (nSPS) is 13.4. The molecule has 0 atom stereocenters. The summed E-state index contributed by atoms with van der Waals surface area (Å²) in [6.45, 7) is 3.04. The molecule has 0 unspecified atom stereocenters. The minimum atomic E-state index is -1.01. The number of carbonyl (C=O) groups is 1. The average Bonchev–Trinajstić information content (AvgIpc) is 2.81. The Hall–Kier alpha value is -1.95. The second-order valence-electron chi connectivity index (χ2n) is 4.95. The van der Waals surface area contributed by atoms with E-state index in [1.54, 1.807) is 26.0 Å². The first-order chi connectivity index (χ1) is 8.94. The van der Waals surface area contributed by atoms with E-state index in [1.165, 1.54) is 0 Å². The lowest BCUT2D eigenvalue weighted by atomic mass is 9.95. The van der Waals surface area contributed by atoms with Crippen LogP contribution in [0.5, 0.6) is 17.2 Å². The number of aliphatic carboxylic acids is 1. The van der Waals surface area contributed by atoms with Crippen LogP contribution in [0.15, 0.2) is 12.1 Å². The van der Waals surface area contributed by atoms with Crippen LogP contribution in [0.2, 0.25) is 0 Å². The van der Waals surface area contributed by atoms with E-state index >= 15 is 0 Å². The lowest BCUT2D eigenvalue weighted by molar-refractivity contribution is -0.148. The molecule has 0 amide bonds. The van der Waals surface area contributed by atoms with Crippen molar-refractivity contribution in [2.45, 2.75) is 20.5 Å². The highest BCUT2D eigenvalue weighted by Crippen LogP contribution is 2.38. The third-order valence-corrected chi connectivity index (χ3v) is 2.89. The number of aliphatic hydroxyl groups excluding tert-OH is 1. The fourth-order valence-electron chi connectivity index (χ4n) is 1.54. The van der Waals surface area contributed by atoms with Crippen LogP contribution < -0.4 is 14.2 Å². The van der Waals surface area contributed by atoms with E-state index in [4.69, 9.17) is 19.3 Å². The summed E-state index contributed by atoms with van der Waals surface area (Å²) in [5, 5.41) is 18.3. The van der Waals surface area contributed by atoms with Crippen LogP contribution in [0.25, 0.3) is 0 Å². The van der Waals surface area contributed by atoms with Gasteiger partial charge in [-0.2, -0.15) is 0 Å². The smallest absolute Gasteiger partial charge is 0.312 e. The number of benzene rings is 1. The lowest BCUT2D eigenvalue weighted by Gasteiger charge is -2.20. The Balaban J connectivity index is 2.18. The van der Waals surface area contributed by atoms with Gasteiger partial charge >= 0.3 is 5.97 Å². The molecule has 1 aliphatic heterocycles. The highest BCUT2D eigenvalue weighted by Gasteiger charge is 2.29. The van der Waals surface area contributed by atoms with Crippen molar-refractivity contribution in [3.63, 3.8) is 0 Å². The van der Waals surface area contributed by atoms with Crippen LogP contribution in [0.3, 0.4) is 0 Å². The molecule has 1 aromatic rings. The maximum absolute atomic E-state index is 11.0. The molecule has 0 aliphatic carbocycles. The van der Waals surface area contributed by atoms with Crippen molar-refractivity contribution >= 4 is 5.97 Å². The summed E-state index contributed by atoms with van der Waals surface area (Å²) < 4.78 is 15.9. The van der Waals surface area contributed by atoms with Gasteiger partial charge in [0.25, 0.3) is 0 Å². The molecular weight excluding hydrogens is 252 g/mol. The molecule has 2 rings (SSSR count). The van der Waals surface area contributed by atoms with Crippen molar-refractivity contribution in [2.75, 3.05) is 13.4 Å². The molecule has 104 valence electrons. The van der Waals surface area contributed by atoms with Gasteiger partial charge in [-0.3, -0.25) is 4.79 Å². The molecule has 1 aliphatic rings. The van der Waals surface area contributed by atoms with Crippen molar-refractivity contribution < 1.29 is 29.2 Å². The van der Waals surface area contributed by atoms with E-state index in [0.717, 1.165) is 0 Å². The molecule has 0 bridgehead atoms. The number of carboxylic acids is 1. The van der Waals surface area contributed by atoms with Gasteiger partial charge in [-0.25, -0.2) is 0 Å². The van der Waals surface area contributed by atoms with Crippen LogP contribution in [0, 0.1) is 5.41 Å². The molecule has 0 fully saturated rings. The summed E-state index contributed by atoms with van der Waals surface area (Å²) in [7, 11) is 0. The minimum absolute atomic E-state index is 0.00498. The molecule has 0 aromatic heterocycles. The molecule has 1 heterocycles. The van der Waals surface area contributed by atoms with Gasteiger partial charge < -0.3 is 24.4 Å². The number of aliphatic hydroxyl groups is 1. The first-order valence-corrected chi connectivity index (χ1v) is 5.83. The van der Waals surface area contributed by atoms with Gasteiger partial charge in [-0.1, -0.05) is 0 Å². The molecule has 2 N–H and O–H groups in total. The monoisotopic (exact) mass is 268 g/mol. The van der Waals surface area contributed by atoms with E-state index in [2.05, 4.69) is 0 Å². The van der Waals surface area contributed by atoms with Gasteiger partial charge in [0.15, 0.2) is 11.5 Å². The van der Waals surface area contributed by atoms with Crippen molar-refractivity contribution in [1.29, 1.82) is 0 Å². The van der Waals surface area contributed by atoms with Crippen LogP contribution in [0.4, 0.5) is 0 Å². The third kappa shape index (κ3) is 2.73. The van der Waals surface area contributed by atoms with Crippen molar-refractivity contribution in [2.24, 2.45) is 5.41 Å². The van der Waals surface area contributed by atoms with Crippen molar-refractivity contribution in [3.05, 3.63) is 17.7 Å². The van der Waals surface area contributed by atoms with Gasteiger partial charge in [-0.15, -0.1) is 0 Å². The van der Waals surface area contributed by atoms with Gasteiger partial charge in [0.05, 0.1) is 12.0 Å². The Morgan fingerprint density at radius 3 is 2.58 bits per heavy atom. The predicted molar refractivity (Wildman–Crippen MR) is 65.4 cm³/mol. The highest BCUT2D eigenvalue weighted by atomic mass is 16.7. The van der Waals surface area contributed by atoms with E-state index < -0.39 is 11.4 Å². The number of carboxylic acid groups (broad SMARTS) is 1. The SMILES string of the molecule is CC(C)(COc1cc2c(cc1CO)OCO2)C(=O)O. The van der Waals surface area contributed by atoms with E-state index in [0.29, 0.717) is 22.8 Å². The van der Waals surface area contributed by atoms with E-state index in [-0.39, 0.29) is 20.0 Å². The number of hydrogen-bond donors (Lipinski definition) is 2. The number of hydrogen-bond acceptors (Lipinski definition) is 5. The standard InChI is InChI=1S/C13H16O6/c1-13(2,12(15)16)6-17-9-4-11-10(18-7-19-11)3-8(9)5-14/h3-4,14H,5-7H2,1-2H3,(H,15,16). The Bertz CT molecular complexity index is 494. The lowest BCUT2D eigenvalue weighted by Crippen LogP contribution is -2.30. The Kier molecular flexibility index (Phi) is 3.53. The fraction of sp³-hybridized carbons (Fsp3) is 0.462. The van der Waals surface area contributed by atoms with E-state index in [1.807, 2.05) is 0 Å². The van der Waals surface area contributed by atoms with Gasteiger partial charge in [0.2, 0.25) is 6.79 Å². The topological polar surface area (TPSA) is 85.2 Å². The number of ether oxygens (including phenoxy) is 3. The van der Waals surface area contributed by atoms with Crippen molar-refractivity contribution in [1.82, 2.24) is 0 Å². The Morgan fingerprint density at radius 1 is 1.37 bits per heavy atom. The number of fused-ring (bicyclic) bond motifs is 1. The zero-order valence-electron chi connectivity index (χ0n) is 10.8. The number of rotatable bonds is 5. The Morgan fingerprint density at radius 2 is 2.00 bits per heavy atom. The zero-order chi connectivity index (χ0) is 14.0. The molecule has 19 heavy (non-hydrogen) atoms. The molecule has 0 spiro atoms. The molecule has 0 radical (unpaired) electrons. The summed E-state index contributed by atoms with van der Waals surface area (Å²) in [5.74, 6) is 0.536. The second-order valence-corrected chi connectivity index (χ2v) is 4.95. The quantitative estimate of drug-likeness (QED) is 0.839. The molecule has 6 heteroatoms.